The molecule has 0 unspecified atom stereocenters. The first-order chi connectivity index (χ1) is 16.8. The quantitative estimate of drug-likeness (QED) is 0.601. The average molecular weight is 482 g/mol. The summed E-state index contributed by atoms with van der Waals surface area (Å²) in [7, 11) is 0. The summed E-state index contributed by atoms with van der Waals surface area (Å²) in [5.41, 5.74) is 4.31. The number of carbonyl (C=O) groups is 3. The first kappa shape index (κ1) is 24.9. The van der Waals surface area contributed by atoms with Gasteiger partial charge in [-0.05, 0) is 78.8 Å². The molecule has 2 aliphatic rings. The molecule has 35 heavy (non-hydrogen) atoms. The molecule has 7 heteroatoms. The predicted molar refractivity (Wildman–Crippen MR) is 129 cm³/mol. The van der Waals surface area contributed by atoms with E-state index in [0.717, 1.165) is 35.1 Å². The Kier molecular flexibility index (Phi) is 7.83. The number of carboxylic acid groups (broad SMARTS) is 1. The lowest BCUT2D eigenvalue weighted by atomic mass is 9.85. The third-order valence-corrected chi connectivity index (χ3v) is 7.06. The lowest BCUT2D eigenvalue weighted by Crippen LogP contribution is -2.39. The van der Waals surface area contributed by atoms with Crippen molar-refractivity contribution in [3.8, 4) is 0 Å². The lowest BCUT2D eigenvalue weighted by molar-refractivity contribution is -0.138. The Bertz CT molecular complexity index is 1110. The number of carbonyl (C=O) groups excluding carboxylic acids is 2. The van der Waals surface area contributed by atoms with E-state index in [4.69, 9.17) is 9.84 Å². The molecule has 1 fully saturated rings. The molecule has 1 N–H and O–H groups in total. The number of fused-ring (bicyclic) bond motifs is 1. The summed E-state index contributed by atoms with van der Waals surface area (Å²) in [6, 6.07) is 10.8. The second kappa shape index (κ2) is 11.0. The second-order valence-electron chi connectivity index (χ2n) is 9.89. The maximum Gasteiger partial charge on any atom is 0.410 e. The summed E-state index contributed by atoms with van der Waals surface area (Å²) >= 11 is 0. The number of Topliss-reactive ketones (excluding diaryl/α,β-unsaturated/α-hetero) is 1. The van der Waals surface area contributed by atoms with E-state index in [9.17, 15) is 18.8 Å². The van der Waals surface area contributed by atoms with Crippen LogP contribution in [0.1, 0.15) is 59.9 Å². The number of halogens is 1. The molecule has 0 spiro atoms. The Labute approximate surface area is 205 Å². The fraction of sp³-hybridized carbons (Fsp3) is 0.464. The van der Waals surface area contributed by atoms with Crippen LogP contribution in [0.3, 0.4) is 0 Å². The number of ketones is 1. The van der Waals surface area contributed by atoms with Gasteiger partial charge in [-0.15, -0.1) is 0 Å². The molecule has 1 heterocycles. The first-order valence-electron chi connectivity index (χ1n) is 12.3. The molecular formula is C28H32FNO5. The molecule has 2 aromatic carbocycles. The monoisotopic (exact) mass is 481 g/mol. The highest BCUT2D eigenvalue weighted by Crippen LogP contribution is 2.29. The van der Waals surface area contributed by atoms with Crippen molar-refractivity contribution < 1.29 is 28.6 Å². The average Bonchev–Trinajstić information content (AvgIpc) is 2.81. The topological polar surface area (TPSA) is 83.9 Å². The maximum absolute atomic E-state index is 14.1. The van der Waals surface area contributed by atoms with Crippen LogP contribution in [-0.4, -0.2) is 40.5 Å². The Balaban J connectivity index is 1.28. The Morgan fingerprint density at radius 3 is 2.51 bits per heavy atom. The summed E-state index contributed by atoms with van der Waals surface area (Å²) < 4.78 is 19.8. The van der Waals surface area contributed by atoms with E-state index in [2.05, 4.69) is 0 Å². The van der Waals surface area contributed by atoms with Crippen LogP contribution in [0, 0.1) is 18.7 Å². The number of carboxylic acids is 1. The zero-order chi connectivity index (χ0) is 24.9. The highest BCUT2D eigenvalue weighted by Gasteiger charge is 2.28. The van der Waals surface area contributed by atoms with Crippen LogP contribution in [0.5, 0.6) is 0 Å². The van der Waals surface area contributed by atoms with Gasteiger partial charge in [0.05, 0.1) is 0 Å². The van der Waals surface area contributed by atoms with Crippen LogP contribution in [0.25, 0.3) is 0 Å². The van der Waals surface area contributed by atoms with Crippen molar-refractivity contribution in [3.63, 3.8) is 0 Å². The summed E-state index contributed by atoms with van der Waals surface area (Å²) in [4.78, 5) is 37.8. The number of aliphatic carboxylic acids is 1. The number of amides is 1. The van der Waals surface area contributed by atoms with Gasteiger partial charge in [-0.2, -0.15) is 0 Å². The summed E-state index contributed by atoms with van der Waals surface area (Å²) in [5, 5.41) is 8.94. The van der Waals surface area contributed by atoms with Crippen LogP contribution in [0.2, 0.25) is 0 Å². The van der Waals surface area contributed by atoms with Crippen molar-refractivity contribution in [1.29, 1.82) is 0 Å². The minimum atomic E-state index is -0.773. The van der Waals surface area contributed by atoms with Crippen LogP contribution in [-0.2, 0) is 40.1 Å². The van der Waals surface area contributed by atoms with E-state index in [0.29, 0.717) is 37.9 Å². The normalized spacial score (nSPS) is 19.7. The van der Waals surface area contributed by atoms with Crippen molar-refractivity contribution >= 4 is 17.8 Å². The van der Waals surface area contributed by atoms with Gasteiger partial charge in [-0.1, -0.05) is 30.3 Å². The highest BCUT2D eigenvalue weighted by molar-refractivity contribution is 5.83. The summed E-state index contributed by atoms with van der Waals surface area (Å²) in [5.74, 6) is -0.984. The van der Waals surface area contributed by atoms with Gasteiger partial charge < -0.3 is 14.7 Å². The van der Waals surface area contributed by atoms with Gasteiger partial charge in [-0.3, -0.25) is 9.59 Å². The number of ether oxygens (including phenoxy) is 1. The number of hydrogen-bond acceptors (Lipinski definition) is 4. The number of aryl methyl sites for hydroxylation is 1. The van der Waals surface area contributed by atoms with Crippen molar-refractivity contribution in [2.75, 3.05) is 6.54 Å². The van der Waals surface area contributed by atoms with Gasteiger partial charge in [0, 0.05) is 32.4 Å². The highest BCUT2D eigenvalue weighted by atomic mass is 19.1. The van der Waals surface area contributed by atoms with Gasteiger partial charge in [-0.25, -0.2) is 9.18 Å². The van der Waals surface area contributed by atoms with E-state index >= 15 is 0 Å². The zero-order valence-electron chi connectivity index (χ0n) is 20.1. The van der Waals surface area contributed by atoms with Gasteiger partial charge in [0.1, 0.15) is 17.7 Å². The van der Waals surface area contributed by atoms with Crippen molar-refractivity contribution in [2.24, 2.45) is 5.92 Å². The van der Waals surface area contributed by atoms with Crippen LogP contribution in [0.4, 0.5) is 9.18 Å². The van der Waals surface area contributed by atoms with Crippen molar-refractivity contribution in [2.45, 2.75) is 70.9 Å². The standard InChI is InChI=1S/C28H32FNO5/c1-18-2-6-22(26(29)12-18)16-24(31)14-20-3-7-23-17-30(11-10-21(23)13-20)28(34)35-25-8-4-19(5-9-25)15-27(32)33/h2-3,6-7,12-13,19,25H,4-5,8-11,14-17H2,1H3,(H,32,33). The number of benzene rings is 2. The predicted octanol–water partition coefficient (Wildman–Crippen LogP) is 5.02. The van der Waals surface area contributed by atoms with Gasteiger partial charge in [0.2, 0.25) is 0 Å². The molecule has 0 bridgehead atoms. The van der Waals surface area contributed by atoms with Crippen LogP contribution >= 0.6 is 0 Å². The van der Waals surface area contributed by atoms with Gasteiger partial charge >= 0.3 is 12.1 Å². The Hall–Kier alpha value is -3.22. The SMILES string of the molecule is Cc1ccc(CC(=O)Cc2ccc3c(c2)CCN(C(=O)OC2CCC(CC(=O)O)CC2)C3)c(F)c1. The molecule has 0 radical (unpaired) electrons. The molecule has 186 valence electrons. The fourth-order valence-electron chi connectivity index (χ4n) is 5.09. The molecular weight excluding hydrogens is 449 g/mol. The number of nitrogens with zero attached hydrogens (tertiary/aromatic N) is 1. The van der Waals surface area contributed by atoms with Gasteiger partial charge in [0.25, 0.3) is 0 Å². The molecule has 0 aromatic heterocycles. The molecule has 6 nitrogen and oxygen atoms in total. The molecule has 1 amide bonds. The fourth-order valence-corrected chi connectivity index (χ4v) is 5.09. The van der Waals surface area contributed by atoms with Crippen LogP contribution in [0.15, 0.2) is 36.4 Å². The maximum atomic E-state index is 14.1. The molecule has 1 saturated carbocycles. The molecule has 1 aliphatic carbocycles. The largest absolute Gasteiger partial charge is 0.481 e. The Morgan fingerprint density at radius 2 is 1.80 bits per heavy atom. The van der Waals surface area contributed by atoms with E-state index in [1.807, 2.05) is 31.2 Å². The second-order valence-corrected chi connectivity index (χ2v) is 9.89. The minimum Gasteiger partial charge on any atom is -0.481 e. The van der Waals surface area contributed by atoms with Crippen LogP contribution < -0.4 is 0 Å². The number of rotatable bonds is 7. The van der Waals surface area contributed by atoms with E-state index in [1.165, 1.54) is 6.07 Å². The van der Waals surface area contributed by atoms with Crippen molar-refractivity contribution in [3.05, 3.63) is 70.0 Å². The van der Waals surface area contributed by atoms with E-state index in [-0.39, 0.29) is 49.0 Å². The molecule has 2 aromatic rings. The summed E-state index contributed by atoms with van der Waals surface area (Å²) in [6.45, 7) is 2.83. The van der Waals surface area contributed by atoms with E-state index < -0.39 is 5.97 Å². The first-order valence-corrected chi connectivity index (χ1v) is 12.3. The minimum absolute atomic E-state index is 0.0354. The smallest absolute Gasteiger partial charge is 0.410 e. The Morgan fingerprint density at radius 1 is 1.03 bits per heavy atom. The van der Waals surface area contributed by atoms with E-state index in [1.54, 1.807) is 11.0 Å². The number of hydrogen-bond donors (Lipinski definition) is 1. The van der Waals surface area contributed by atoms with Gasteiger partial charge in [0.15, 0.2) is 0 Å². The molecule has 4 rings (SSSR count). The third-order valence-electron chi connectivity index (χ3n) is 7.06. The third kappa shape index (κ3) is 6.68. The molecule has 1 aliphatic heterocycles. The lowest BCUT2D eigenvalue weighted by Gasteiger charge is -2.32. The molecule has 0 saturated heterocycles. The zero-order valence-corrected chi connectivity index (χ0v) is 20.1. The summed E-state index contributed by atoms with van der Waals surface area (Å²) in [6.07, 6.45) is 3.66. The van der Waals surface area contributed by atoms with Crippen molar-refractivity contribution in [1.82, 2.24) is 4.90 Å². The molecule has 0 atom stereocenters.